The van der Waals surface area contributed by atoms with Gasteiger partial charge in [-0.05, 0) is 77.4 Å². The highest BCUT2D eigenvalue weighted by atomic mass is 16.3. The van der Waals surface area contributed by atoms with Crippen molar-refractivity contribution >= 4 is 65.4 Å². The van der Waals surface area contributed by atoms with Crippen LogP contribution in [0.1, 0.15) is 0 Å². The lowest BCUT2D eigenvalue weighted by atomic mass is 9.91. The molecule has 0 radical (unpaired) electrons. The van der Waals surface area contributed by atoms with Crippen molar-refractivity contribution in [1.82, 2.24) is 19.5 Å². The lowest BCUT2D eigenvalue weighted by molar-refractivity contribution is 0.670. The molecule has 0 atom stereocenters. The highest BCUT2D eigenvalue weighted by Crippen LogP contribution is 2.47. The van der Waals surface area contributed by atoms with E-state index in [1.54, 1.807) is 0 Å². The van der Waals surface area contributed by atoms with Crippen LogP contribution >= 0.6 is 0 Å². The molecule has 4 aromatic heterocycles. The van der Waals surface area contributed by atoms with Crippen LogP contribution in [0.5, 0.6) is 0 Å². The van der Waals surface area contributed by atoms with Crippen molar-refractivity contribution in [2.75, 3.05) is 0 Å². The lowest BCUT2D eigenvalue weighted by Gasteiger charge is -2.15. The number of rotatable bonds is 7. The van der Waals surface area contributed by atoms with Crippen molar-refractivity contribution in [1.29, 1.82) is 0 Å². The number of aromatic nitrogens is 4. The van der Waals surface area contributed by atoms with Crippen LogP contribution in [-0.4, -0.2) is 19.5 Å². The topological polar surface area (TPSA) is 56.7 Å². The number of para-hydroxylation sites is 4. The van der Waals surface area contributed by atoms with E-state index in [1.807, 2.05) is 30.3 Å². The van der Waals surface area contributed by atoms with Gasteiger partial charge in [-0.15, -0.1) is 0 Å². The van der Waals surface area contributed by atoms with Gasteiger partial charge in [0.15, 0.2) is 5.82 Å². The van der Waals surface area contributed by atoms with Gasteiger partial charge in [-0.25, -0.2) is 15.0 Å². The van der Waals surface area contributed by atoms with Crippen molar-refractivity contribution in [2.45, 2.75) is 0 Å². The number of furan rings is 1. The normalized spacial score (nSPS) is 11.7. The number of pyridine rings is 1. The van der Waals surface area contributed by atoms with Crippen LogP contribution in [-0.2, 0) is 0 Å². The first-order valence-corrected chi connectivity index (χ1v) is 23.7. The van der Waals surface area contributed by atoms with E-state index in [-0.39, 0.29) is 0 Å². The van der Waals surface area contributed by atoms with E-state index in [9.17, 15) is 0 Å². The summed E-state index contributed by atoms with van der Waals surface area (Å²) in [5.41, 5.74) is 17.0. The predicted octanol–water partition coefficient (Wildman–Crippen LogP) is 17.2. The molecule has 5 nitrogen and oxygen atoms in total. The Kier molecular flexibility index (Phi) is 9.14. The van der Waals surface area contributed by atoms with Gasteiger partial charge in [0.25, 0.3) is 0 Å². The summed E-state index contributed by atoms with van der Waals surface area (Å²) in [6.45, 7) is 0. The van der Waals surface area contributed by atoms with Gasteiger partial charge in [0.1, 0.15) is 11.2 Å². The number of benzene rings is 10. The molecule has 14 aromatic rings. The summed E-state index contributed by atoms with van der Waals surface area (Å²) in [5.74, 6) is 0.669. The predicted molar refractivity (Wildman–Crippen MR) is 289 cm³/mol. The van der Waals surface area contributed by atoms with E-state index < -0.39 is 0 Å². The molecule has 0 bridgehead atoms. The highest BCUT2D eigenvalue weighted by Gasteiger charge is 2.23. The van der Waals surface area contributed by atoms with Gasteiger partial charge in [-0.1, -0.05) is 182 Å². The third kappa shape index (κ3) is 6.51. The zero-order valence-corrected chi connectivity index (χ0v) is 37.8. The molecule has 0 N–H and O–H groups in total. The quantitative estimate of drug-likeness (QED) is 0.150. The molecule has 70 heavy (non-hydrogen) atoms. The van der Waals surface area contributed by atoms with Crippen LogP contribution in [0.3, 0.4) is 0 Å². The summed E-state index contributed by atoms with van der Waals surface area (Å²) in [7, 11) is 0. The maximum atomic E-state index is 6.98. The molecule has 14 rings (SSSR count). The molecule has 0 unspecified atom stereocenters. The minimum Gasteiger partial charge on any atom is -0.455 e. The Bertz CT molecular complexity index is 4330. The Balaban J connectivity index is 0.989. The summed E-state index contributed by atoms with van der Waals surface area (Å²) in [5, 5.41) is 7.77. The summed E-state index contributed by atoms with van der Waals surface area (Å²) in [4.78, 5) is 16.0. The maximum Gasteiger partial charge on any atom is 0.160 e. The van der Waals surface area contributed by atoms with Crippen molar-refractivity contribution < 1.29 is 4.42 Å². The van der Waals surface area contributed by atoms with E-state index in [4.69, 9.17) is 19.4 Å². The smallest absolute Gasteiger partial charge is 0.160 e. The van der Waals surface area contributed by atoms with Crippen LogP contribution < -0.4 is 0 Å². The van der Waals surface area contributed by atoms with Gasteiger partial charge in [0.05, 0.1) is 33.6 Å². The first kappa shape index (κ1) is 39.7. The van der Waals surface area contributed by atoms with E-state index in [2.05, 4.69) is 217 Å². The Hall–Kier alpha value is -9.45. The van der Waals surface area contributed by atoms with Gasteiger partial charge < -0.3 is 8.98 Å². The van der Waals surface area contributed by atoms with Gasteiger partial charge in [0.2, 0.25) is 0 Å². The number of nitrogens with zero attached hydrogens (tertiary/aromatic N) is 4. The Morgan fingerprint density at radius 1 is 0.329 bits per heavy atom. The minimum absolute atomic E-state index is 0.669. The largest absolute Gasteiger partial charge is 0.455 e. The summed E-state index contributed by atoms with van der Waals surface area (Å²) in [6, 6.07) is 85.5. The Morgan fingerprint density at radius 2 is 0.914 bits per heavy atom. The third-order valence-electron chi connectivity index (χ3n) is 13.8. The molecule has 0 saturated carbocycles. The van der Waals surface area contributed by atoms with Crippen LogP contribution in [0.25, 0.3) is 139 Å². The van der Waals surface area contributed by atoms with Crippen molar-refractivity contribution in [3.63, 3.8) is 0 Å². The van der Waals surface area contributed by atoms with Crippen LogP contribution in [0, 0.1) is 0 Å². The molecule has 4 heterocycles. The Morgan fingerprint density at radius 3 is 1.71 bits per heavy atom. The summed E-state index contributed by atoms with van der Waals surface area (Å²) < 4.78 is 9.34. The molecule has 0 spiro atoms. The SMILES string of the molecule is c1ccc(-c2ccc(-c3cc(-c4cccc(-c5cc6c(-c7ccc8c(c7)c7ccccc7n8-c7ccccc7)nc7ccccc7c6c6c5oc5ccccc56)c4)nc(-c4ccccc4)n3)cc2)cc1. The van der Waals surface area contributed by atoms with E-state index in [0.29, 0.717) is 5.82 Å². The maximum absolute atomic E-state index is 6.98. The third-order valence-corrected chi connectivity index (χ3v) is 13.8. The second kappa shape index (κ2) is 16.1. The fourth-order valence-corrected chi connectivity index (χ4v) is 10.5. The second-order valence-electron chi connectivity index (χ2n) is 17.9. The monoisotopic (exact) mass is 892 g/mol. The van der Waals surface area contributed by atoms with E-state index >= 15 is 0 Å². The van der Waals surface area contributed by atoms with Crippen molar-refractivity contribution in [3.05, 3.63) is 243 Å². The van der Waals surface area contributed by atoms with Crippen molar-refractivity contribution in [3.8, 4) is 73.1 Å². The average molecular weight is 893 g/mol. The lowest BCUT2D eigenvalue weighted by Crippen LogP contribution is -1.96. The molecule has 0 aliphatic carbocycles. The Labute approximate surface area is 403 Å². The van der Waals surface area contributed by atoms with Crippen LogP contribution in [0.2, 0.25) is 0 Å². The molecular weight excluding hydrogens is 853 g/mol. The van der Waals surface area contributed by atoms with E-state index in [1.165, 1.54) is 21.9 Å². The van der Waals surface area contributed by atoms with Crippen LogP contribution in [0.4, 0.5) is 0 Å². The van der Waals surface area contributed by atoms with Gasteiger partial charge in [-0.3, -0.25) is 0 Å². The molecule has 0 aliphatic rings. The summed E-state index contributed by atoms with van der Waals surface area (Å²) >= 11 is 0. The molecule has 0 saturated heterocycles. The fraction of sp³-hybridized carbons (Fsp3) is 0. The van der Waals surface area contributed by atoms with E-state index in [0.717, 1.165) is 111 Å². The minimum atomic E-state index is 0.669. The second-order valence-corrected chi connectivity index (χ2v) is 17.9. The number of fused-ring (bicyclic) bond motifs is 10. The molecule has 0 amide bonds. The average Bonchev–Trinajstić information content (AvgIpc) is 3.99. The summed E-state index contributed by atoms with van der Waals surface area (Å²) in [6.07, 6.45) is 0. The van der Waals surface area contributed by atoms with Crippen LogP contribution in [0.15, 0.2) is 247 Å². The zero-order chi connectivity index (χ0) is 46.1. The molecular formula is C65H40N4O. The molecule has 326 valence electrons. The molecule has 5 heteroatoms. The fourth-order valence-electron chi connectivity index (χ4n) is 10.5. The standard InChI is InChI=1S/C65H40N4O/c1-4-17-41(18-5-1)42-31-33-43(34-32-42)56-40-57(68-65(67-56)44-19-6-2-7-20-44)46-22-16-21-45(37-46)52-39-54-61(62-51-27-12-15-30-60(51)70-64(52)62)50-26-10-13-28-55(50)66-63(54)47-35-36-59-53(38-47)49-25-11-14-29-58(49)69(59)48-23-8-3-9-24-48/h1-40H. The van der Waals surface area contributed by atoms with Gasteiger partial charge in [-0.2, -0.15) is 0 Å². The highest BCUT2D eigenvalue weighted by molar-refractivity contribution is 6.30. The van der Waals surface area contributed by atoms with Crippen molar-refractivity contribution in [2.24, 2.45) is 0 Å². The molecule has 0 aliphatic heterocycles. The molecule has 0 fully saturated rings. The number of hydrogen-bond acceptors (Lipinski definition) is 4. The number of hydrogen-bond donors (Lipinski definition) is 0. The van der Waals surface area contributed by atoms with Gasteiger partial charge >= 0.3 is 0 Å². The first-order chi connectivity index (χ1) is 34.7. The van der Waals surface area contributed by atoms with Gasteiger partial charge in [0, 0.05) is 71.2 Å². The zero-order valence-electron chi connectivity index (χ0n) is 37.8. The molecule has 10 aromatic carbocycles. The first-order valence-electron chi connectivity index (χ1n) is 23.7.